The van der Waals surface area contributed by atoms with Crippen molar-refractivity contribution in [3.05, 3.63) is 23.2 Å². The quantitative estimate of drug-likeness (QED) is 0.663. The molecule has 0 fully saturated rings. The molecule has 4 heteroatoms. The predicted octanol–water partition coefficient (Wildman–Crippen LogP) is 2.01. The second-order valence-corrected chi connectivity index (χ2v) is 3.26. The first-order chi connectivity index (χ1) is 5.56. The van der Waals surface area contributed by atoms with Gasteiger partial charge >= 0.3 is 0 Å². The van der Waals surface area contributed by atoms with E-state index in [4.69, 9.17) is 16.3 Å². The van der Waals surface area contributed by atoms with Crippen molar-refractivity contribution in [3.63, 3.8) is 0 Å². The van der Waals surface area contributed by atoms with E-state index in [1.54, 1.807) is 19.4 Å². The number of ether oxygens (including phenoxy) is 1. The topological polar surface area (TPSA) is 35.0 Å². The number of hydrogen-bond acceptors (Lipinski definition) is 3. The van der Waals surface area contributed by atoms with Gasteiger partial charge in [0.15, 0.2) is 0 Å². The molecule has 0 unspecified atom stereocenters. The summed E-state index contributed by atoms with van der Waals surface area (Å²) in [5, 5.41) is 0.248. The molecule has 0 saturated carbocycles. The minimum atomic E-state index is -0.410. The maximum absolute atomic E-state index is 5.63. The zero-order valence-electron chi connectivity index (χ0n) is 7.34. The summed E-state index contributed by atoms with van der Waals surface area (Å²) in [6, 6.07) is 1.79. The van der Waals surface area contributed by atoms with Crippen molar-refractivity contribution in [2.45, 2.75) is 19.4 Å². The van der Waals surface area contributed by atoms with Gasteiger partial charge in [-0.3, -0.25) is 0 Å². The van der Waals surface area contributed by atoms with Crippen molar-refractivity contribution in [3.8, 4) is 0 Å². The van der Waals surface area contributed by atoms with Crippen LogP contribution in [0, 0.1) is 0 Å². The smallest absolute Gasteiger partial charge is 0.222 e. The van der Waals surface area contributed by atoms with Crippen molar-refractivity contribution >= 4 is 11.6 Å². The highest BCUT2D eigenvalue weighted by atomic mass is 35.5. The maximum Gasteiger partial charge on any atom is 0.222 e. The fourth-order valence-electron chi connectivity index (χ4n) is 0.775. The zero-order valence-corrected chi connectivity index (χ0v) is 8.09. The minimum Gasteiger partial charge on any atom is -0.373 e. The SMILES string of the molecule is COC(C)(C)c1ccnc(Cl)n1. The van der Waals surface area contributed by atoms with Gasteiger partial charge in [-0.05, 0) is 31.5 Å². The molecule has 0 aliphatic heterocycles. The summed E-state index contributed by atoms with van der Waals surface area (Å²) in [6.45, 7) is 3.84. The lowest BCUT2D eigenvalue weighted by Gasteiger charge is -2.21. The molecule has 0 spiro atoms. The van der Waals surface area contributed by atoms with Crippen molar-refractivity contribution in [2.75, 3.05) is 7.11 Å². The Labute approximate surface area is 76.7 Å². The molecule has 0 amide bonds. The number of halogens is 1. The number of methoxy groups -OCH3 is 1. The molecule has 1 rings (SSSR count). The monoisotopic (exact) mass is 186 g/mol. The summed E-state index contributed by atoms with van der Waals surface area (Å²) in [5.74, 6) is 0. The van der Waals surface area contributed by atoms with Gasteiger partial charge in [0, 0.05) is 13.3 Å². The lowest BCUT2D eigenvalue weighted by atomic mass is 10.1. The average molecular weight is 187 g/mol. The van der Waals surface area contributed by atoms with Crippen molar-refractivity contribution in [2.24, 2.45) is 0 Å². The van der Waals surface area contributed by atoms with Gasteiger partial charge in [-0.25, -0.2) is 9.97 Å². The summed E-state index contributed by atoms with van der Waals surface area (Å²) >= 11 is 5.63. The third-order valence-electron chi connectivity index (χ3n) is 1.75. The Kier molecular flexibility index (Phi) is 2.65. The second kappa shape index (κ2) is 3.37. The predicted molar refractivity (Wildman–Crippen MR) is 47.1 cm³/mol. The molecule has 12 heavy (non-hydrogen) atoms. The van der Waals surface area contributed by atoms with E-state index in [-0.39, 0.29) is 5.28 Å². The molecule has 0 aromatic carbocycles. The van der Waals surface area contributed by atoms with E-state index >= 15 is 0 Å². The Balaban J connectivity index is 3.03. The van der Waals surface area contributed by atoms with E-state index < -0.39 is 5.60 Å². The summed E-state index contributed by atoms with van der Waals surface area (Å²) in [4.78, 5) is 7.83. The van der Waals surface area contributed by atoms with Crippen LogP contribution >= 0.6 is 11.6 Å². The normalized spacial score (nSPS) is 11.7. The van der Waals surface area contributed by atoms with E-state index in [1.165, 1.54) is 0 Å². The first-order valence-corrected chi connectivity index (χ1v) is 3.98. The summed E-state index contributed by atoms with van der Waals surface area (Å²) in [5.41, 5.74) is 0.372. The first kappa shape index (κ1) is 9.42. The van der Waals surface area contributed by atoms with Crippen LogP contribution in [-0.2, 0) is 10.3 Å². The summed E-state index contributed by atoms with van der Waals surface area (Å²) in [6.07, 6.45) is 1.62. The number of hydrogen-bond donors (Lipinski definition) is 0. The molecule has 1 aromatic heterocycles. The van der Waals surface area contributed by atoms with Gasteiger partial charge < -0.3 is 4.74 Å². The largest absolute Gasteiger partial charge is 0.373 e. The fourth-order valence-corrected chi connectivity index (χ4v) is 0.922. The van der Waals surface area contributed by atoms with Gasteiger partial charge in [0.2, 0.25) is 5.28 Å². The Hall–Kier alpha value is -0.670. The van der Waals surface area contributed by atoms with E-state index in [2.05, 4.69) is 9.97 Å². The molecule has 3 nitrogen and oxygen atoms in total. The molecule has 0 aliphatic carbocycles. The lowest BCUT2D eigenvalue weighted by molar-refractivity contribution is 0.0154. The third kappa shape index (κ3) is 1.93. The highest BCUT2D eigenvalue weighted by Gasteiger charge is 2.21. The van der Waals surface area contributed by atoms with Gasteiger partial charge in [-0.15, -0.1) is 0 Å². The Morgan fingerprint density at radius 2 is 2.17 bits per heavy atom. The zero-order chi connectivity index (χ0) is 9.19. The van der Waals surface area contributed by atoms with E-state index in [0.717, 1.165) is 5.69 Å². The van der Waals surface area contributed by atoms with Crippen LogP contribution in [0.25, 0.3) is 0 Å². The van der Waals surface area contributed by atoms with E-state index in [0.29, 0.717) is 0 Å². The Morgan fingerprint density at radius 3 is 2.67 bits per heavy atom. The molecule has 0 atom stereocenters. The summed E-state index contributed by atoms with van der Waals surface area (Å²) < 4.78 is 5.23. The lowest BCUT2D eigenvalue weighted by Crippen LogP contribution is -2.21. The van der Waals surface area contributed by atoms with Crippen LogP contribution in [0.1, 0.15) is 19.5 Å². The maximum atomic E-state index is 5.63. The van der Waals surface area contributed by atoms with Crippen molar-refractivity contribution in [1.82, 2.24) is 9.97 Å². The van der Waals surface area contributed by atoms with Crippen LogP contribution in [0.5, 0.6) is 0 Å². The van der Waals surface area contributed by atoms with E-state index in [9.17, 15) is 0 Å². The van der Waals surface area contributed by atoms with Crippen molar-refractivity contribution < 1.29 is 4.74 Å². The fraction of sp³-hybridized carbons (Fsp3) is 0.500. The van der Waals surface area contributed by atoms with Crippen LogP contribution in [0.3, 0.4) is 0 Å². The van der Waals surface area contributed by atoms with E-state index in [1.807, 2.05) is 13.8 Å². The molecule has 1 aromatic rings. The third-order valence-corrected chi connectivity index (χ3v) is 1.94. The molecule has 0 radical (unpaired) electrons. The summed E-state index contributed by atoms with van der Waals surface area (Å²) in [7, 11) is 1.63. The molecule has 0 bridgehead atoms. The molecule has 0 aliphatic rings. The van der Waals surface area contributed by atoms with Crippen LogP contribution in [0.15, 0.2) is 12.3 Å². The molecular formula is C8H11ClN2O. The number of aromatic nitrogens is 2. The Morgan fingerprint density at radius 1 is 1.50 bits per heavy atom. The standard InChI is InChI=1S/C8H11ClN2O/c1-8(2,12-3)6-4-5-10-7(9)11-6/h4-5H,1-3H3. The average Bonchev–Trinajstić information content (AvgIpc) is 2.05. The number of rotatable bonds is 2. The second-order valence-electron chi connectivity index (χ2n) is 2.93. The molecule has 0 N–H and O–H groups in total. The molecular weight excluding hydrogens is 176 g/mol. The van der Waals surface area contributed by atoms with Gasteiger partial charge in [0.1, 0.15) is 5.60 Å². The van der Waals surface area contributed by atoms with Crippen LogP contribution in [0.4, 0.5) is 0 Å². The highest BCUT2D eigenvalue weighted by molar-refractivity contribution is 6.28. The number of nitrogens with zero attached hydrogens (tertiary/aromatic N) is 2. The van der Waals surface area contributed by atoms with Gasteiger partial charge in [-0.1, -0.05) is 0 Å². The van der Waals surface area contributed by atoms with Crippen LogP contribution < -0.4 is 0 Å². The van der Waals surface area contributed by atoms with Gasteiger partial charge in [0.05, 0.1) is 5.69 Å². The first-order valence-electron chi connectivity index (χ1n) is 3.60. The molecule has 0 saturated heterocycles. The minimum absolute atomic E-state index is 0.248. The van der Waals surface area contributed by atoms with Crippen LogP contribution in [-0.4, -0.2) is 17.1 Å². The van der Waals surface area contributed by atoms with Crippen molar-refractivity contribution in [1.29, 1.82) is 0 Å². The molecule has 1 heterocycles. The highest BCUT2D eigenvalue weighted by Crippen LogP contribution is 2.21. The van der Waals surface area contributed by atoms with Gasteiger partial charge in [-0.2, -0.15) is 0 Å². The van der Waals surface area contributed by atoms with Gasteiger partial charge in [0.25, 0.3) is 0 Å². The van der Waals surface area contributed by atoms with Crippen LogP contribution in [0.2, 0.25) is 5.28 Å². The Bertz CT molecular complexity index is 276. The molecule has 66 valence electrons.